The summed E-state index contributed by atoms with van der Waals surface area (Å²) in [7, 11) is 1.50. The SMILES string of the molecule is COCCNC(=O)/C(C#N)=C/c1ccc(OC(=O)CN2C(=O)c3ccccc3C2=O)cc1. The summed E-state index contributed by atoms with van der Waals surface area (Å²) in [5, 5.41) is 11.7. The Balaban J connectivity index is 1.60. The first kappa shape index (κ1) is 22.4. The number of methoxy groups -OCH3 is 1. The van der Waals surface area contributed by atoms with Crippen LogP contribution in [-0.4, -0.2) is 55.4 Å². The van der Waals surface area contributed by atoms with Gasteiger partial charge < -0.3 is 14.8 Å². The highest BCUT2D eigenvalue weighted by Crippen LogP contribution is 2.22. The average molecular weight is 433 g/mol. The summed E-state index contributed by atoms with van der Waals surface area (Å²) in [6.45, 7) is 0.0792. The zero-order valence-electron chi connectivity index (χ0n) is 17.2. The Morgan fingerprint density at radius 1 is 1.06 bits per heavy atom. The predicted molar refractivity (Wildman–Crippen MR) is 112 cm³/mol. The van der Waals surface area contributed by atoms with E-state index in [1.54, 1.807) is 24.3 Å². The molecular formula is C23H19N3O6. The number of amides is 3. The number of fused-ring (bicyclic) bond motifs is 1. The van der Waals surface area contributed by atoms with Crippen molar-refractivity contribution in [3.05, 3.63) is 70.8 Å². The summed E-state index contributed by atoms with van der Waals surface area (Å²) >= 11 is 0. The van der Waals surface area contributed by atoms with Gasteiger partial charge in [0.25, 0.3) is 17.7 Å². The van der Waals surface area contributed by atoms with E-state index in [1.807, 2.05) is 6.07 Å². The Morgan fingerprint density at radius 3 is 2.25 bits per heavy atom. The van der Waals surface area contributed by atoms with Gasteiger partial charge in [-0.1, -0.05) is 24.3 Å². The Labute approximate surface area is 183 Å². The molecule has 1 N–H and O–H groups in total. The minimum Gasteiger partial charge on any atom is -0.425 e. The van der Waals surface area contributed by atoms with Gasteiger partial charge in [-0.25, -0.2) is 4.79 Å². The number of rotatable bonds is 8. The van der Waals surface area contributed by atoms with Crippen molar-refractivity contribution in [1.29, 1.82) is 5.26 Å². The lowest BCUT2D eigenvalue weighted by Gasteiger charge is -2.13. The summed E-state index contributed by atoms with van der Waals surface area (Å²) in [4.78, 5) is 49.7. The minimum atomic E-state index is -0.780. The molecule has 0 saturated carbocycles. The summed E-state index contributed by atoms with van der Waals surface area (Å²) in [5.41, 5.74) is 0.960. The van der Waals surface area contributed by atoms with E-state index < -0.39 is 30.2 Å². The molecule has 1 aliphatic heterocycles. The van der Waals surface area contributed by atoms with E-state index in [4.69, 9.17) is 9.47 Å². The van der Waals surface area contributed by atoms with Crippen LogP contribution in [0.5, 0.6) is 5.75 Å². The zero-order valence-corrected chi connectivity index (χ0v) is 17.2. The fourth-order valence-corrected chi connectivity index (χ4v) is 2.98. The maximum atomic E-state index is 12.3. The Hall–Kier alpha value is -4.29. The number of carbonyl (C=O) groups excluding carboxylic acids is 4. The number of carbonyl (C=O) groups is 4. The molecule has 0 fully saturated rings. The van der Waals surface area contributed by atoms with Crippen LogP contribution in [0.3, 0.4) is 0 Å². The number of imide groups is 1. The molecule has 3 amide bonds. The third kappa shape index (κ3) is 5.06. The molecular weight excluding hydrogens is 414 g/mol. The lowest BCUT2D eigenvalue weighted by atomic mass is 10.1. The molecule has 0 spiro atoms. The van der Waals surface area contributed by atoms with Gasteiger partial charge in [0.1, 0.15) is 23.9 Å². The summed E-state index contributed by atoms with van der Waals surface area (Å²) in [6, 6.07) is 14.2. The fourth-order valence-electron chi connectivity index (χ4n) is 2.98. The molecule has 9 heteroatoms. The highest BCUT2D eigenvalue weighted by atomic mass is 16.5. The quantitative estimate of drug-likeness (QED) is 0.167. The van der Waals surface area contributed by atoms with Crippen molar-refractivity contribution in [3.8, 4) is 11.8 Å². The molecule has 0 unspecified atom stereocenters. The van der Waals surface area contributed by atoms with Crippen LogP contribution in [0.15, 0.2) is 54.1 Å². The minimum absolute atomic E-state index is 0.0866. The van der Waals surface area contributed by atoms with Crippen LogP contribution < -0.4 is 10.1 Å². The van der Waals surface area contributed by atoms with Gasteiger partial charge in [-0.15, -0.1) is 0 Å². The summed E-state index contributed by atoms with van der Waals surface area (Å²) in [6.07, 6.45) is 1.40. The van der Waals surface area contributed by atoms with Crippen molar-refractivity contribution >= 4 is 29.8 Å². The molecule has 162 valence electrons. The standard InChI is InChI=1S/C23H19N3O6/c1-31-11-10-25-21(28)16(13-24)12-15-6-8-17(9-7-15)32-20(27)14-26-22(29)18-4-2-3-5-19(18)23(26)30/h2-9,12H,10-11,14H2,1H3,(H,25,28)/b16-12+. The van der Waals surface area contributed by atoms with Crippen LogP contribution in [0.25, 0.3) is 6.08 Å². The Kier molecular flexibility index (Phi) is 7.10. The van der Waals surface area contributed by atoms with E-state index >= 15 is 0 Å². The van der Waals surface area contributed by atoms with E-state index in [9.17, 15) is 24.4 Å². The largest absolute Gasteiger partial charge is 0.425 e. The van der Waals surface area contributed by atoms with Crippen LogP contribution in [0.4, 0.5) is 0 Å². The topological polar surface area (TPSA) is 126 Å². The van der Waals surface area contributed by atoms with Gasteiger partial charge in [-0.05, 0) is 35.9 Å². The second-order valence-corrected chi connectivity index (χ2v) is 6.70. The van der Waals surface area contributed by atoms with Gasteiger partial charge in [0.15, 0.2) is 0 Å². The molecule has 9 nitrogen and oxygen atoms in total. The first-order chi connectivity index (χ1) is 15.4. The van der Waals surface area contributed by atoms with Crippen LogP contribution in [0, 0.1) is 11.3 Å². The monoisotopic (exact) mass is 433 g/mol. The Bertz CT molecular complexity index is 1100. The average Bonchev–Trinajstić information content (AvgIpc) is 3.03. The molecule has 0 atom stereocenters. The van der Waals surface area contributed by atoms with E-state index in [-0.39, 0.29) is 29.0 Å². The lowest BCUT2D eigenvalue weighted by molar-refractivity contribution is -0.134. The van der Waals surface area contributed by atoms with Crippen LogP contribution in [0.2, 0.25) is 0 Å². The van der Waals surface area contributed by atoms with Crippen molar-refractivity contribution in [2.75, 3.05) is 26.8 Å². The van der Waals surface area contributed by atoms with Crippen molar-refractivity contribution < 1.29 is 28.7 Å². The summed E-state index contributed by atoms with van der Waals surface area (Å²) in [5.74, 6) is -2.21. The van der Waals surface area contributed by atoms with Gasteiger partial charge in [0.05, 0.1) is 17.7 Å². The first-order valence-corrected chi connectivity index (χ1v) is 9.59. The van der Waals surface area contributed by atoms with Gasteiger partial charge in [-0.2, -0.15) is 5.26 Å². The molecule has 1 aliphatic rings. The number of nitrogens with zero attached hydrogens (tertiary/aromatic N) is 2. The molecule has 0 aromatic heterocycles. The van der Waals surface area contributed by atoms with Crippen molar-refractivity contribution in [2.24, 2.45) is 0 Å². The second-order valence-electron chi connectivity index (χ2n) is 6.70. The van der Waals surface area contributed by atoms with Crippen LogP contribution in [0.1, 0.15) is 26.3 Å². The van der Waals surface area contributed by atoms with Crippen LogP contribution in [-0.2, 0) is 14.3 Å². The number of esters is 1. The van der Waals surface area contributed by atoms with Crippen molar-refractivity contribution in [1.82, 2.24) is 10.2 Å². The first-order valence-electron chi connectivity index (χ1n) is 9.59. The molecule has 0 bridgehead atoms. The van der Waals surface area contributed by atoms with Gasteiger partial charge in [0.2, 0.25) is 0 Å². The molecule has 0 radical (unpaired) electrons. The highest BCUT2D eigenvalue weighted by Gasteiger charge is 2.36. The summed E-state index contributed by atoms with van der Waals surface area (Å²) < 4.78 is 10.0. The number of nitrogens with one attached hydrogen (secondary N) is 1. The zero-order chi connectivity index (χ0) is 23.1. The van der Waals surface area contributed by atoms with Crippen LogP contribution >= 0.6 is 0 Å². The molecule has 3 rings (SSSR count). The van der Waals surface area contributed by atoms with Gasteiger partial charge >= 0.3 is 5.97 Å². The fraction of sp³-hybridized carbons (Fsp3) is 0.174. The molecule has 32 heavy (non-hydrogen) atoms. The van der Waals surface area contributed by atoms with E-state index in [1.165, 1.54) is 37.5 Å². The molecule has 1 heterocycles. The normalized spacial score (nSPS) is 12.9. The van der Waals surface area contributed by atoms with E-state index in [0.717, 1.165) is 4.90 Å². The molecule has 2 aromatic rings. The van der Waals surface area contributed by atoms with Gasteiger partial charge in [0, 0.05) is 13.7 Å². The Morgan fingerprint density at radius 2 is 1.69 bits per heavy atom. The molecule has 0 saturated heterocycles. The number of ether oxygens (including phenoxy) is 2. The predicted octanol–water partition coefficient (Wildman–Crippen LogP) is 1.56. The third-order valence-corrected chi connectivity index (χ3v) is 4.55. The van der Waals surface area contributed by atoms with E-state index in [2.05, 4.69) is 5.32 Å². The van der Waals surface area contributed by atoms with Crippen molar-refractivity contribution in [2.45, 2.75) is 0 Å². The van der Waals surface area contributed by atoms with E-state index in [0.29, 0.717) is 12.2 Å². The smallest absolute Gasteiger partial charge is 0.331 e. The number of hydrogen-bond acceptors (Lipinski definition) is 7. The maximum Gasteiger partial charge on any atom is 0.331 e. The molecule has 0 aliphatic carbocycles. The lowest BCUT2D eigenvalue weighted by Crippen LogP contribution is -2.36. The molecule has 2 aromatic carbocycles. The highest BCUT2D eigenvalue weighted by molar-refractivity contribution is 6.22. The number of benzene rings is 2. The van der Waals surface area contributed by atoms with Crippen molar-refractivity contribution in [3.63, 3.8) is 0 Å². The second kappa shape index (κ2) is 10.1. The van der Waals surface area contributed by atoms with Gasteiger partial charge in [-0.3, -0.25) is 19.3 Å². The number of hydrogen-bond donors (Lipinski definition) is 1. The number of nitriles is 1. The third-order valence-electron chi connectivity index (χ3n) is 4.55. The maximum absolute atomic E-state index is 12.3.